The number of likely N-dealkylation sites (N-methyl/N-ethyl adjacent to an activating group) is 1. The molecule has 1 heterocycles. The van der Waals surface area contributed by atoms with Crippen molar-refractivity contribution in [2.24, 2.45) is 11.7 Å². The Morgan fingerprint density at radius 2 is 1.88 bits per heavy atom. The smallest absolute Gasteiger partial charge is 0.0226 e. The van der Waals surface area contributed by atoms with E-state index in [4.69, 9.17) is 5.73 Å². The molecule has 2 aliphatic rings. The molecule has 0 aromatic heterocycles. The van der Waals surface area contributed by atoms with Crippen LogP contribution in [0.15, 0.2) is 0 Å². The Balaban J connectivity index is 1.98. The fourth-order valence-corrected chi connectivity index (χ4v) is 3.81. The van der Waals surface area contributed by atoms with Crippen molar-refractivity contribution in [1.29, 1.82) is 0 Å². The Labute approximate surface area is 106 Å². The summed E-state index contributed by atoms with van der Waals surface area (Å²) >= 11 is 0. The zero-order valence-electron chi connectivity index (χ0n) is 11.6. The standard InChI is InChI=1S/C14H29N3/c1-16(2)11-13-7-5-9-17(13)14-8-4-3-6-12(14)10-15/h12-14H,3-11,15H2,1-2H3. The minimum Gasteiger partial charge on any atom is -0.330 e. The van der Waals surface area contributed by atoms with E-state index in [0.29, 0.717) is 0 Å². The van der Waals surface area contributed by atoms with Crippen LogP contribution in [-0.4, -0.2) is 55.6 Å². The van der Waals surface area contributed by atoms with Crippen LogP contribution in [0, 0.1) is 5.92 Å². The molecule has 0 spiro atoms. The van der Waals surface area contributed by atoms with E-state index < -0.39 is 0 Å². The van der Waals surface area contributed by atoms with Crippen molar-refractivity contribution >= 4 is 0 Å². The Hall–Kier alpha value is -0.120. The number of nitrogens with zero attached hydrogens (tertiary/aromatic N) is 2. The lowest BCUT2D eigenvalue weighted by atomic mass is 9.83. The SMILES string of the molecule is CN(C)CC1CCCN1C1CCCCC1CN. The Bertz CT molecular complexity index is 230. The zero-order chi connectivity index (χ0) is 12.3. The van der Waals surface area contributed by atoms with Gasteiger partial charge in [-0.1, -0.05) is 12.8 Å². The maximum absolute atomic E-state index is 5.97. The molecule has 3 unspecified atom stereocenters. The largest absolute Gasteiger partial charge is 0.330 e. The minimum absolute atomic E-state index is 0.756. The van der Waals surface area contributed by atoms with Crippen LogP contribution in [-0.2, 0) is 0 Å². The van der Waals surface area contributed by atoms with Crippen molar-refractivity contribution in [3.05, 3.63) is 0 Å². The van der Waals surface area contributed by atoms with Crippen LogP contribution in [0.5, 0.6) is 0 Å². The quantitative estimate of drug-likeness (QED) is 0.807. The first-order chi connectivity index (χ1) is 8.22. The van der Waals surface area contributed by atoms with Gasteiger partial charge in [-0.15, -0.1) is 0 Å². The first-order valence-corrected chi connectivity index (χ1v) is 7.33. The lowest BCUT2D eigenvalue weighted by Gasteiger charge is -2.41. The van der Waals surface area contributed by atoms with Gasteiger partial charge in [0.05, 0.1) is 0 Å². The molecule has 0 aromatic rings. The molecule has 3 heteroatoms. The molecular formula is C14H29N3. The molecule has 1 aliphatic heterocycles. The summed E-state index contributed by atoms with van der Waals surface area (Å²) in [5, 5.41) is 0. The molecule has 2 fully saturated rings. The van der Waals surface area contributed by atoms with Gasteiger partial charge in [0.25, 0.3) is 0 Å². The Morgan fingerprint density at radius 3 is 2.59 bits per heavy atom. The van der Waals surface area contributed by atoms with E-state index in [-0.39, 0.29) is 0 Å². The lowest BCUT2D eigenvalue weighted by molar-refractivity contribution is 0.0833. The van der Waals surface area contributed by atoms with Crippen LogP contribution in [0.25, 0.3) is 0 Å². The van der Waals surface area contributed by atoms with Gasteiger partial charge in [0.15, 0.2) is 0 Å². The third-order valence-electron chi connectivity index (χ3n) is 4.60. The average Bonchev–Trinajstić information content (AvgIpc) is 2.76. The van der Waals surface area contributed by atoms with Crippen molar-refractivity contribution < 1.29 is 0 Å². The van der Waals surface area contributed by atoms with E-state index in [1.807, 2.05) is 0 Å². The lowest BCUT2D eigenvalue weighted by Crippen LogP contribution is -2.49. The number of likely N-dealkylation sites (tertiary alicyclic amines) is 1. The van der Waals surface area contributed by atoms with E-state index in [9.17, 15) is 0 Å². The molecule has 0 amide bonds. The van der Waals surface area contributed by atoms with Crippen molar-refractivity contribution in [1.82, 2.24) is 9.80 Å². The summed E-state index contributed by atoms with van der Waals surface area (Å²) in [6.45, 7) is 3.41. The first-order valence-electron chi connectivity index (χ1n) is 7.33. The molecule has 3 nitrogen and oxygen atoms in total. The fraction of sp³-hybridized carbons (Fsp3) is 1.00. The van der Waals surface area contributed by atoms with Crippen molar-refractivity contribution in [3.63, 3.8) is 0 Å². The molecule has 0 bridgehead atoms. The van der Waals surface area contributed by atoms with Crippen LogP contribution in [0.3, 0.4) is 0 Å². The molecule has 1 saturated carbocycles. The van der Waals surface area contributed by atoms with Gasteiger partial charge in [-0.25, -0.2) is 0 Å². The highest BCUT2D eigenvalue weighted by Gasteiger charge is 2.35. The maximum atomic E-state index is 5.97. The first kappa shape index (κ1) is 13.3. The molecule has 100 valence electrons. The van der Waals surface area contributed by atoms with Gasteiger partial charge in [0.1, 0.15) is 0 Å². The summed E-state index contributed by atoms with van der Waals surface area (Å²) in [5.74, 6) is 0.756. The summed E-state index contributed by atoms with van der Waals surface area (Å²) in [5.41, 5.74) is 5.97. The summed E-state index contributed by atoms with van der Waals surface area (Å²) in [4.78, 5) is 5.12. The van der Waals surface area contributed by atoms with E-state index in [1.54, 1.807) is 0 Å². The van der Waals surface area contributed by atoms with Crippen LogP contribution in [0.4, 0.5) is 0 Å². The highest BCUT2D eigenvalue weighted by atomic mass is 15.2. The summed E-state index contributed by atoms with van der Waals surface area (Å²) in [7, 11) is 4.38. The van der Waals surface area contributed by atoms with Crippen LogP contribution in [0.1, 0.15) is 38.5 Å². The molecule has 0 radical (unpaired) electrons. The topological polar surface area (TPSA) is 32.5 Å². The van der Waals surface area contributed by atoms with Crippen molar-refractivity contribution in [2.75, 3.05) is 33.7 Å². The second-order valence-corrected chi connectivity index (χ2v) is 6.14. The number of nitrogens with two attached hydrogens (primary N) is 1. The molecule has 2 rings (SSSR count). The normalized spacial score (nSPS) is 35.6. The third kappa shape index (κ3) is 3.21. The van der Waals surface area contributed by atoms with E-state index >= 15 is 0 Å². The minimum atomic E-state index is 0.756. The van der Waals surface area contributed by atoms with E-state index in [2.05, 4.69) is 23.9 Å². The van der Waals surface area contributed by atoms with Crippen LogP contribution >= 0.6 is 0 Å². The highest BCUT2D eigenvalue weighted by molar-refractivity contribution is 4.91. The van der Waals surface area contributed by atoms with Crippen LogP contribution < -0.4 is 5.73 Å². The molecule has 2 N–H and O–H groups in total. The van der Waals surface area contributed by atoms with Crippen molar-refractivity contribution in [2.45, 2.75) is 50.6 Å². The second-order valence-electron chi connectivity index (χ2n) is 6.14. The highest BCUT2D eigenvalue weighted by Crippen LogP contribution is 2.32. The Kier molecular flexibility index (Phi) is 4.83. The monoisotopic (exact) mass is 239 g/mol. The molecule has 0 aromatic carbocycles. The van der Waals surface area contributed by atoms with Gasteiger partial charge in [0, 0.05) is 18.6 Å². The molecular weight excluding hydrogens is 210 g/mol. The molecule has 17 heavy (non-hydrogen) atoms. The average molecular weight is 239 g/mol. The number of rotatable bonds is 4. The van der Waals surface area contributed by atoms with E-state index in [1.165, 1.54) is 51.6 Å². The predicted molar refractivity (Wildman–Crippen MR) is 73.1 cm³/mol. The number of hydrogen-bond acceptors (Lipinski definition) is 3. The summed E-state index contributed by atoms with van der Waals surface area (Å²) in [6.07, 6.45) is 8.30. The van der Waals surface area contributed by atoms with E-state index in [0.717, 1.165) is 24.5 Å². The van der Waals surface area contributed by atoms with Crippen LogP contribution in [0.2, 0.25) is 0 Å². The van der Waals surface area contributed by atoms with Gasteiger partial charge >= 0.3 is 0 Å². The Morgan fingerprint density at radius 1 is 1.12 bits per heavy atom. The molecule has 3 atom stereocenters. The second kappa shape index (κ2) is 6.17. The molecule has 1 aliphatic carbocycles. The third-order valence-corrected chi connectivity index (χ3v) is 4.60. The zero-order valence-corrected chi connectivity index (χ0v) is 11.6. The van der Waals surface area contributed by atoms with Gasteiger partial charge in [-0.2, -0.15) is 0 Å². The molecule has 1 saturated heterocycles. The van der Waals surface area contributed by atoms with Crippen molar-refractivity contribution in [3.8, 4) is 0 Å². The van der Waals surface area contributed by atoms with Gasteiger partial charge < -0.3 is 10.6 Å². The number of hydrogen-bond donors (Lipinski definition) is 1. The summed E-state index contributed by atoms with van der Waals surface area (Å²) < 4.78 is 0. The van der Waals surface area contributed by atoms with Gasteiger partial charge in [-0.3, -0.25) is 4.90 Å². The van der Waals surface area contributed by atoms with Gasteiger partial charge in [-0.05, 0) is 58.8 Å². The fourth-order valence-electron chi connectivity index (χ4n) is 3.81. The predicted octanol–water partition coefficient (Wildman–Crippen LogP) is 1.53. The maximum Gasteiger partial charge on any atom is 0.0226 e. The van der Waals surface area contributed by atoms with Gasteiger partial charge in [0.2, 0.25) is 0 Å². The summed E-state index contributed by atoms with van der Waals surface area (Å²) in [6, 6.07) is 1.56.